The number of amides is 1. The van der Waals surface area contributed by atoms with E-state index < -0.39 is 0 Å². The van der Waals surface area contributed by atoms with Crippen molar-refractivity contribution in [3.8, 4) is 0 Å². The molecule has 0 spiro atoms. The van der Waals surface area contributed by atoms with Crippen molar-refractivity contribution in [2.45, 2.75) is 39.2 Å². The zero-order chi connectivity index (χ0) is 16.9. The summed E-state index contributed by atoms with van der Waals surface area (Å²) < 4.78 is 1.90. The lowest BCUT2D eigenvalue weighted by atomic mass is 10.1. The first-order valence-electron chi connectivity index (χ1n) is 8.34. The van der Waals surface area contributed by atoms with Crippen LogP contribution >= 0.6 is 0 Å². The Balaban J connectivity index is 1.57. The minimum atomic E-state index is -0.183. The third-order valence-electron chi connectivity index (χ3n) is 4.18. The van der Waals surface area contributed by atoms with E-state index in [0.29, 0.717) is 6.42 Å². The maximum atomic E-state index is 12.2. The SMILES string of the molecule is CCc1ccc(CCC(=O)NC(C)c2nnc3ccccn23)cc1. The summed E-state index contributed by atoms with van der Waals surface area (Å²) in [7, 11) is 0. The average molecular weight is 322 g/mol. The third-order valence-corrected chi connectivity index (χ3v) is 4.18. The average Bonchev–Trinajstić information content (AvgIpc) is 3.04. The fourth-order valence-corrected chi connectivity index (χ4v) is 2.73. The lowest BCUT2D eigenvalue weighted by Crippen LogP contribution is -2.28. The van der Waals surface area contributed by atoms with Gasteiger partial charge in [0.25, 0.3) is 0 Å². The number of nitrogens with one attached hydrogen (secondary N) is 1. The van der Waals surface area contributed by atoms with E-state index in [1.54, 1.807) is 0 Å². The van der Waals surface area contributed by atoms with Crippen LogP contribution in [0, 0.1) is 0 Å². The van der Waals surface area contributed by atoms with Gasteiger partial charge in [0.2, 0.25) is 5.91 Å². The number of benzene rings is 1. The molecule has 0 aliphatic rings. The summed E-state index contributed by atoms with van der Waals surface area (Å²) in [5.74, 6) is 0.765. The number of aryl methyl sites for hydroxylation is 2. The summed E-state index contributed by atoms with van der Waals surface area (Å²) in [6.07, 6.45) is 4.14. The molecule has 24 heavy (non-hydrogen) atoms. The fraction of sp³-hybridized carbons (Fsp3) is 0.316. The third kappa shape index (κ3) is 3.62. The number of carbonyl (C=O) groups excluding carboxylic acids is 1. The van der Waals surface area contributed by atoms with Crippen molar-refractivity contribution in [1.82, 2.24) is 19.9 Å². The lowest BCUT2D eigenvalue weighted by Gasteiger charge is -2.12. The minimum absolute atomic E-state index is 0.0229. The molecule has 0 aliphatic carbocycles. The fourth-order valence-electron chi connectivity index (χ4n) is 2.73. The van der Waals surface area contributed by atoms with Gasteiger partial charge in [0.15, 0.2) is 11.5 Å². The van der Waals surface area contributed by atoms with E-state index in [1.165, 1.54) is 11.1 Å². The molecule has 1 atom stereocenters. The molecule has 1 N–H and O–H groups in total. The van der Waals surface area contributed by atoms with Gasteiger partial charge in [-0.2, -0.15) is 0 Å². The van der Waals surface area contributed by atoms with Gasteiger partial charge in [0.1, 0.15) is 0 Å². The molecule has 3 rings (SSSR count). The lowest BCUT2D eigenvalue weighted by molar-refractivity contribution is -0.121. The maximum Gasteiger partial charge on any atom is 0.220 e. The summed E-state index contributed by atoms with van der Waals surface area (Å²) in [6.45, 7) is 4.06. The second-order valence-electron chi connectivity index (χ2n) is 5.95. The Hall–Kier alpha value is -2.69. The molecular formula is C19H22N4O. The van der Waals surface area contributed by atoms with E-state index >= 15 is 0 Å². The first-order valence-corrected chi connectivity index (χ1v) is 8.34. The Morgan fingerprint density at radius 1 is 1.12 bits per heavy atom. The summed E-state index contributed by atoms with van der Waals surface area (Å²) >= 11 is 0. The van der Waals surface area contributed by atoms with Crippen LogP contribution < -0.4 is 5.32 Å². The molecule has 1 amide bonds. The van der Waals surface area contributed by atoms with Crippen LogP contribution in [0.15, 0.2) is 48.7 Å². The van der Waals surface area contributed by atoms with Gasteiger partial charge in [0, 0.05) is 12.6 Å². The Labute approximate surface area is 141 Å². The van der Waals surface area contributed by atoms with Crippen LogP contribution in [0.3, 0.4) is 0 Å². The molecule has 0 saturated heterocycles. The van der Waals surface area contributed by atoms with Gasteiger partial charge in [0.05, 0.1) is 6.04 Å². The zero-order valence-corrected chi connectivity index (χ0v) is 14.1. The monoisotopic (exact) mass is 322 g/mol. The molecule has 0 aliphatic heterocycles. The number of hydrogen-bond acceptors (Lipinski definition) is 3. The number of nitrogens with zero attached hydrogens (tertiary/aromatic N) is 3. The van der Waals surface area contributed by atoms with Crippen molar-refractivity contribution >= 4 is 11.6 Å². The van der Waals surface area contributed by atoms with Gasteiger partial charge in [-0.1, -0.05) is 37.3 Å². The highest BCUT2D eigenvalue weighted by Gasteiger charge is 2.15. The minimum Gasteiger partial charge on any atom is -0.346 e. The van der Waals surface area contributed by atoms with Crippen LogP contribution in [0.25, 0.3) is 5.65 Å². The highest BCUT2D eigenvalue weighted by atomic mass is 16.1. The predicted molar refractivity (Wildman–Crippen MR) is 93.7 cm³/mol. The van der Waals surface area contributed by atoms with E-state index in [4.69, 9.17) is 0 Å². The van der Waals surface area contributed by atoms with Crippen LogP contribution in [0.5, 0.6) is 0 Å². The van der Waals surface area contributed by atoms with Crippen molar-refractivity contribution in [2.24, 2.45) is 0 Å². The molecule has 0 saturated carbocycles. The molecule has 0 radical (unpaired) electrons. The number of aromatic nitrogens is 3. The van der Waals surface area contributed by atoms with Gasteiger partial charge >= 0.3 is 0 Å². The van der Waals surface area contributed by atoms with Crippen molar-refractivity contribution in [3.63, 3.8) is 0 Å². The molecule has 0 fully saturated rings. The molecule has 1 unspecified atom stereocenters. The highest BCUT2D eigenvalue weighted by Crippen LogP contribution is 2.12. The van der Waals surface area contributed by atoms with E-state index in [1.807, 2.05) is 35.7 Å². The van der Waals surface area contributed by atoms with Crippen molar-refractivity contribution < 1.29 is 4.79 Å². The molecule has 2 aromatic heterocycles. The first kappa shape index (κ1) is 16.2. The van der Waals surface area contributed by atoms with Crippen molar-refractivity contribution in [2.75, 3.05) is 0 Å². The van der Waals surface area contributed by atoms with Crippen LogP contribution in [0.2, 0.25) is 0 Å². The smallest absolute Gasteiger partial charge is 0.220 e. The van der Waals surface area contributed by atoms with Gasteiger partial charge < -0.3 is 5.32 Å². The Morgan fingerprint density at radius 2 is 1.88 bits per heavy atom. The Kier molecular flexibility index (Phi) is 4.89. The quantitative estimate of drug-likeness (QED) is 0.758. The van der Waals surface area contributed by atoms with Crippen LogP contribution in [-0.2, 0) is 17.6 Å². The van der Waals surface area contributed by atoms with E-state index in [-0.39, 0.29) is 11.9 Å². The van der Waals surface area contributed by atoms with Gasteiger partial charge in [-0.05, 0) is 43.0 Å². The van der Waals surface area contributed by atoms with Crippen LogP contribution in [0.1, 0.15) is 43.3 Å². The van der Waals surface area contributed by atoms with E-state index in [9.17, 15) is 4.79 Å². The molecule has 1 aromatic carbocycles. The van der Waals surface area contributed by atoms with Crippen LogP contribution in [-0.4, -0.2) is 20.5 Å². The molecule has 5 nitrogen and oxygen atoms in total. The summed E-state index contributed by atoms with van der Waals surface area (Å²) in [5.41, 5.74) is 3.28. The topological polar surface area (TPSA) is 59.3 Å². The van der Waals surface area contributed by atoms with Gasteiger partial charge in [-0.25, -0.2) is 0 Å². The number of hydrogen-bond donors (Lipinski definition) is 1. The maximum absolute atomic E-state index is 12.2. The van der Waals surface area contributed by atoms with E-state index in [2.05, 4.69) is 46.7 Å². The molecule has 124 valence electrons. The summed E-state index contributed by atoms with van der Waals surface area (Å²) in [4.78, 5) is 12.2. The summed E-state index contributed by atoms with van der Waals surface area (Å²) in [6, 6.07) is 14.0. The number of carbonyl (C=O) groups is 1. The Bertz CT molecular complexity index is 823. The van der Waals surface area contributed by atoms with Crippen molar-refractivity contribution in [3.05, 3.63) is 65.6 Å². The van der Waals surface area contributed by atoms with Crippen molar-refractivity contribution in [1.29, 1.82) is 0 Å². The largest absolute Gasteiger partial charge is 0.346 e. The Morgan fingerprint density at radius 3 is 2.62 bits per heavy atom. The number of fused-ring (bicyclic) bond motifs is 1. The number of rotatable bonds is 6. The predicted octanol–water partition coefficient (Wildman–Crippen LogP) is 3.10. The van der Waals surface area contributed by atoms with Gasteiger partial charge in [-0.3, -0.25) is 9.20 Å². The second-order valence-corrected chi connectivity index (χ2v) is 5.95. The summed E-state index contributed by atoms with van der Waals surface area (Å²) in [5, 5.41) is 11.3. The van der Waals surface area contributed by atoms with E-state index in [0.717, 1.165) is 24.3 Å². The highest BCUT2D eigenvalue weighted by molar-refractivity contribution is 5.76. The zero-order valence-electron chi connectivity index (χ0n) is 14.1. The molecule has 5 heteroatoms. The van der Waals surface area contributed by atoms with Crippen LogP contribution in [0.4, 0.5) is 0 Å². The first-order chi connectivity index (χ1) is 11.7. The van der Waals surface area contributed by atoms with Gasteiger partial charge in [-0.15, -0.1) is 10.2 Å². The second kappa shape index (κ2) is 7.25. The normalized spacial score (nSPS) is 12.2. The molecular weight excluding hydrogens is 300 g/mol. The number of pyridine rings is 1. The molecule has 2 heterocycles. The molecule has 0 bridgehead atoms. The molecule has 3 aromatic rings. The standard InChI is InChI=1S/C19H22N4O/c1-3-15-7-9-16(10-8-15)11-12-18(24)20-14(2)19-22-21-17-6-4-5-13-23(17)19/h4-10,13-14H,3,11-12H2,1-2H3,(H,20,24).